The van der Waals surface area contributed by atoms with E-state index < -0.39 is 39.5 Å². The van der Waals surface area contributed by atoms with Gasteiger partial charge in [-0.3, -0.25) is 9.69 Å². The average Bonchev–Trinajstić information content (AvgIpc) is 2.40. The molecule has 6 nitrogen and oxygen atoms in total. The summed E-state index contributed by atoms with van der Waals surface area (Å²) in [6, 6.07) is 2.06. The van der Waals surface area contributed by atoms with Crippen LogP contribution in [-0.2, 0) is 27.4 Å². The summed E-state index contributed by atoms with van der Waals surface area (Å²) >= 11 is 0. The fourth-order valence-corrected chi connectivity index (χ4v) is 3.71. The highest BCUT2D eigenvalue weighted by atomic mass is 32.2. The molecule has 0 amide bonds. The standard InChI is InChI=1S/C12H13F3N2O4S/c13-12(14,15)10-3-1-2-8(16-10)6-17-4-5-22(20,21)7-9(17)11(18)19/h1-3,9H,4-7H2,(H,18,19). The molecule has 1 N–H and O–H groups in total. The molecule has 1 aliphatic rings. The van der Waals surface area contributed by atoms with Gasteiger partial charge < -0.3 is 5.11 Å². The van der Waals surface area contributed by atoms with Gasteiger partial charge in [0.15, 0.2) is 9.84 Å². The van der Waals surface area contributed by atoms with E-state index in [-0.39, 0.29) is 24.5 Å². The minimum absolute atomic E-state index is 0.0420. The molecule has 0 aromatic carbocycles. The third-order valence-electron chi connectivity index (χ3n) is 3.29. The van der Waals surface area contributed by atoms with Crippen molar-refractivity contribution in [1.29, 1.82) is 0 Å². The van der Waals surface area contributed by atoms with Crippen LogP contribution in [0.3, 0.4) is 0 Å². The van der Waals surface area contributed by atoms with Gasteiger partial charge in [-0.15, -0.1) is 0 Å². The molecule has 1 aromatic heterocycles. The number of carboxylic acid groups (broad SMARTS) is 1. The minimum Gasteiger partial charge on any atom is -0.480 e. The van der Waals surface area contributed by atoms with Crippen molar-refractivity contribution in [1.82, 2.24) is 9.88 Å². The highest BCUT2D eigenvalue weighted by molar-refractivity contribution is 7.91. The first-order chi connectivity index (χ1) is 10.1. The van der Waals surface area contributed by atoms with E-state index in [1.165, 1.54) is 17.0 Å². The molecule has 1 unspecified atom stereocenters. The van der Waals surface area contributed by atoms with E-state index in [2.05, 4.69) is 4.98 Å². The van der Waals surface area contributed by atoms with E-state index in [0.717, 1.165) is 6.07 Å². The van der Waals surface area contributed by atoms with Gasteiger partial charge in [0.2, 0.25) is 0 Å². The number of nitrogens with zero attached hydrogens (tertiary/aromatic N) is 2. The van der Waals surface area contributed by atoms with Gasteiger partial charge in [0.05, 0.1) is 17.2 Å². The Morgan fingerprint density at radius 3 is 2.68 bits per heavy atom. The zero-order valence-electron chi connectivity index (χ0n) is 11.2. The minimum atomic E-state index is -4.59. The summed E-state index contributed by atoms with van der Waals surface area (Å²) in [5, 5.41) is 9.10. The molecule has 1 atom stereocenters. The average molecular weight is 338 g/mol. The van der Waals surface area contributed by atoms with Crippen LogP contribution in [0.2, 0.25) is 0 Å². The van der Waals surface area contributed by atoms with Crippen LogP contribution < -0.4 is 0 Å². The number of halogens is 3. The molecular weight excluding hydrogens is 325 g/mol. The fourth-order valence-electron chi connectivity index (χ4n) is 2.19. The van der Waals surface area contributed by atoms with Crippen LogP contribution >= 0.6 is 0 Å². The molecule has 2 rings (SSSR count). The lowest BCUT2D eigenvalue weighted by Gasteiger charge is -2.32. The number of hydrogen-bond donors (Lipinski definition) is 1. The summed E-state index contributed by atoms with van der Waals surface area (Å²) in [7, 11) is -3.46. The number of pyridine rings is 1. The molecule has 2 heterocycles. The Hall–Kier alpha value is -1.68. The number of carboxylic acids is 1. The molecule has 0 aliphatic carbocycles. The Balaban J connectivity index is 2.21. The van der Waals surface area contributed by atoms with Crippen LogP contribution in [0.25, 0.3) is 0 Å². The van der Waals surface area contributed by atoms with E-state index in [1.807, 2.05) is 0 Å². The van der Waals surface area contributed by atoms with Crippen LogP contribution in [0.5, 0.6) is 0 Å². The number of sulfone groups is 1. The van der Waals surface area contributed by atoms with Crippen molar-refractivity contribution in [2.75, 3.05) is 18.1 Å². The third-order valence-corrected chi connectivity index (χ3v) is 4.92. The van der Waals surface area contributed by atoms with Crippen molar-refractivity contribution >= 4 is 15.8 Å². The number of hydrogen-bond acceptors (Lipinski definition) is 5. The Morgan fingerprint density at radius 1 is 1.41 bits per heavy atom. The zero-order valence-corrected chi connectivity index (χ0v) is 12.1. The summed E-state index contributed by atoms with van der Waals surface area (Å²) in [5.74, 6) is -2.10. The van der Waals surface area contributed by atoms with Gasteiger partial charge in [0.25, 0.3) is 0 Å². The molecule has 122 valence electrons. The van der Waals surface area contributed by atoms with Gasteiger partial charge >= 0.3 is 12.1 Å². The molecule has 1 saturated heterocycles. The van der Waals surface area contributed by atoms with Gasteiger partial charge in [-0.05, 0) is 12.1 Å². The van der Waals surface area contributed by atoms with Crippen LogP contribution in [0, 0.1) is 0 Å². The highest BCUT2D eigenvalue weighted by Crippen LogP contribution is 2.27. The smallest absolute Gasteiger partial charge is 0.433 e. The van der Waals surface area contributed by atoms with E-state index in [4.69, 9.17) is 5.11 Å². The Bertz CT molecular complexity index is 675. The van der Waals surface area contributed by atoms with Gasteiger partial charge in [0.1, 0.15) is 11.7 Å². The zero-order chi connectivity index (χ0) is 16.5. The van der Waals surface area contributed by atoms with E-state index in [0.29, 0.717) is 0 Å². The van der Waals surface area contributed by atoms with Crippen molar-refractivity contribution in [3.63, 3.8) is 0 Å². The molecule has 0 bridgehead atoms. The number of carbonyl (C=O) groups is 1. The second kappa shape index (κ2) is 5.84. The maximum atomic E-state index is 12.6. The maximum Gasteiger partial charge on any atom is 0.433 e. The molecule has 1 aromatic rings. The van der Waals surface area contributed by atoms with Gasteiger partial charge in [-0.1, -0.05) is 6.07 Å². The largest absolute Gasteiger partial charge is 0.480 e. The lowest BCUT2D eigenvalue weighted by molar-refractivity contribution is -0.143. The van der Waals surface area contributed by atoms with Crippen molar-refractivity contribution in [2.45, 2.75) is 18.8 Å². The first-order valence-corrected chi connectivity index (χ1v) is 8.11. The molecule has 10 heteroatoms. The fraction of sp³-hybridized carbons (Fsp3) is 0.500. The lowest BCUT2D eigenvalue weighted by atomic mass is 10.2. The van der Waals surface area contributed by atoms with Crippen LogP contribution in [0.15, 0.2) is 18.2 Å². The van der Waals surface area contributed by atoms with E-state index in [1.54, 1.807) is 0 Å². The Morgan fingerprint density at radius 2 is 2.09 bits per heavy atom. The number of aromatic nitrogens is 1. The molecule has 22 heavy (non-hydrogen) atoms. The SMILES string of the molecule is O=C(O)C1CS(=O)(=O)CCN1Cc1cccc(C(F)(F)F)n1. The second-order valence-electron chi connectivity index (χ2n) is 4.95. The topological polar surface area (TPSA) is 87.6 Å². The first kappa shape index (κ1) is 16.7. The summed E-state index contributed by atoms with van der Waals surface area (Å²) < 4.78 is 60.8. The van der Waals surface area contributed by atoms with Crippen molar-refractivity contribution in [3.8, 4) is 0 Å². The summed E-state index contributed by atoms with van der Waals surface area (Å²) in [6.45, 7) is -0.215. The van der Waals surface area contributed by atoms with Crippen molar-refractivity contribution in [2.24, 2.45) is 0 Å². The summed E-state index contributed by atoms with van der Waals surface area (Å²) in [4.78, 5) is 15.9. The van der Waals surface area contributed by atoms with Crippen molar-refractivity contribution < 1.29 is 31.5 Å². The molecular formula is C12H13F3N2O4S. The van der Waals surface area contributed by atoms with E-state index in [9.17, 15) is 26.4 Å². The Kier molecular flexibility index (Phi) is 4.43. The third kappa shape index (κ3) is 3.95. The monoisotopic (exact) mass is 338 g/mol. The molecule has 1 aliphatic heterocycles. The van der Waals surface area contributed by atoms with Crippen LogP contribution in [0.1, 0.15) is 11.4 Å². The van der Waals surface area contributed by atoms with Gasteiger partial charge in [-0.25, -0.2) is 13.4 Å². The molecule has 0 saturated carbocycles. The highest BCUT2D eigenvalue weighted by Gasteiger charge is 2.37. The number of alkyl halides is 3. The first-order valence-electron chi connectivity index (χ1n) is 6.29. The van der Waals surface area contributed by atoms with Gasteiger partial charge in [0, 0.05) is 13.1 Å². The predicted octanol–water partition coefficient (Wildman–Crippen LogP) is 0.784. The quantitative estimate of drug-likeness (QED) is 0.876. The molecule has 1 fully saturated rings. The predicted molar refractivity (Wildman–Crippen MR) is 69.7 cm³/mol. The molecule has 0 spiro atoms. The maximum absolute atomic E-state index is 12.6. The second-order valence-corrected chi connectivity index (χ2v) is 7.18. The number of aliphatic carboxylic acids is 1. The van der Waals surface area contributed by atoms with Crippen molar-refractivity contribution in [3.05, 3.63) is 29.6 Å². The summed E-state index contributed by atoms with van der Waals surface area (Å²) in [5.41, 5.74) is -1.03. The van der Waals surface area contributed by atoms with Gasteiger partial charge in [-0.2, -0.15) is 13.2 Å². The lowest BCUT2D eigenvalue weighted by Crippen LogP contribution is -2.52. The van der Waals surface area contributed by atoms with Crippen LogP contribution in [0.4, 0.5) is 13.2 Å². The van der Waals surface area contributed by atoms with Crippen LogP contribution in [-0.4, -0.2) is 53.5 Å². The summed E-state index contributed by atoms with van der Waals surface area (Å²) in [6.07, 6.45) is -4.59. The van der Waals surface area contributed by atoms with E-state index >= 15 is 0 Å². The Labute approximate surface area is 124 Å². The normalized spacial score (nSPS) is 22.4. The molecule has 0 radical (unpaired) electrons. The number of rotatable bonds is 3.